The Morgan fingerprint density at radius 3 is 2.25 bits per heavy atom. The average Bonchev–Trinajstić information content (AvgIpc) is 3.47. The molecule has 2 fully saturated rings. The van der Waals surface area contributed by atoms with Crippen LogP contribution in [0.4, 0.5) is 11.5 Å². The van der Waals surface area contributed by atoms with Crippen LogP contribution >= 0.6 is 0 Å². The van der Waals surface area contributed by atoms with Gasteiger partial charge in [0, 0.05) is 75.1 Å². The minimum Gasteiger partial charge on any atom is -0.368 e. The number of sulfone groups is 1. The van der Waals surface area contributed by atoms with Crippen LogP contribution in [0.15, 0.2) is 53.7 Å². The van der Waals surface area contributed by atoms with Crippen molar-refractivity contribution in [1.29, 1.82) is 0 Å². The zero-order chi connectivity index (χ0) is 22.1. The van der Waals surface area contributed by atoms with Gasteiger partial charge in [-0.1, -0.05) is 0 Å². The smallest absolute Gasteiger partial charge is 0.175 e. The lowest BCUT2D eigenvalue weighted by molar-refractivity contribution is 0.324. The van der Waals surface area contributed by atoms with Gasteiger partial charge in [-0.15, -0.1) is 0 Å². The Morgan fingerprint density at radius 2 is 1.56 bits per heavy atom. The number of nitrogens with zero attached hydrogens (tertiary/aromatic N) is 5. The third kappa shape index (κ3) is 4.47. The highest BCUT2D eigenvalue weighted by molar-refractivity contribution is 7.90. The van der Waals surface area contributed by atoms with E-state index in [1.54, 1.807) is 12.1 Å². The molecule has 0 atom stereocenters. The molecule has 0 unspecified atom stereocenters. The Morgan fingerprint density at radius 1 is 0.875 bits per heavy atom. The van der Waals surface area contributed by atoms with Crippen LogP contribution in [0.25, 0.3) is 10.9 Å². The molecular formula is C24H31N5O2S. The lowest BCUT2D eigenvalue weighted by Gasteiger charge is -2.36. The van der Waals surface area contributed by atoms with Crippen LogP contribution in [-0.2, 0) is 16.4 Å². The standard InChI is InChI=1S/C24H31N5O2S/c1-32(30,31)22-6-4-21(5-7-22)27-14-16-29(17-15-27)24-18-23-20(19-25-24)8-11-28(23)13-12-26-9-2-3-10-26/h4-8,11,18-19H,2-3,9-10,12-17H2,1H3. The average molecular weight is 454 g/mol. The van der Waals surface area contributed by atoms with E-state index < -0.39 is 9.84 Å². The van der Waals surface area contributed by atoms with Crippen molar-refractivity contribution in [3.8, 4) is 0 Å². The molecule has 0 bridgehead atoms. The van der Waals surface area contributed by atoms with Crippen molar-refractivity contribution >= 4 is 32.2 Å². The summed E-state index contributed by atoms with van der Waals surface area (Å²) in [6.45, 7) is 8.13. The van der Waals surface area contributed by atoms with Crippen molar-refractivity contribution in [2.75, 3.05) is 61.9 Å². The molecule has 170 valence electrons. The number of fused-ring (bicyclic) bond motifs is 1. The Labute approximate surface area is 190 Å². The topological polar surface area (TPSA) is 61.7 Å². The van der Waals surface area contributed by atoms with Crippen LogP contribution in [0, 0.1) is 0 Å². The number of likely N-dealkylation sites (tertiary alicyclic amines) is 1. The number of benzene rings is 1. The van der Waals surface area contributed by atoms with Gasteiger partial charge < -0.3 is 19.3 Å². The highest BCUT2D eigenvalue weighted by Crippen LogP contribution is 2.24. The molecule has 1 aromatic carbocycles. The number of anilines is 2. The van der Waals surface area contributed by atoms with Crippen molar-refractivity contribution < 1.29 is 8.42 Å². The van der Waals surface area contributed by atoms with Gasteiger partial charge in [0.25, 0.3) is 0 Å². The predicted octanol–water partition coefficient (Wildman–Crippen LogP) is 2.86. The maximum absolute atomic E-state index is 11.7. The number of aromatic nitrogens is 2. The molecule has 0 radical (unpaired) electrons. The van der Waals surface area contributed by atoms with Gasteiger partial charge in [0.15, 0.2) is 9.84 Å². The van der Waals surface area contributed by atoms with Crippen LogP contribution in [0.2, 0.25) is 0 Å². The minimum atomic E-state index is -3.16. The molecular weight excluding hydrogens is 422 g/mol. The number of piperazine rings is 1. The molecule has 5 rings (SSSR count). The van der Waals surface area contributed by atoms with Crippen LogP contribution in [0.5, 0.6) is 0 Å². The molecule has 0 aliphatic carbocycles. The van der Waals surface area contributed by atoms with Gasteiger partial charge in [-0.3, -0.25) is 0 Å². The molecule has 32 heavy (non-hydrogen) atoms. The summed E-state index contributed by atoms with van der Waals surface area (Å²) in [6.07, 6.45) is 8.08. The summed E-state index contributed by atoms with van der Waals surface area (Å²) in [5.41, 5.74) is 2.32. The van der Waals surface area contributed by atoms with E-state index in [4.69, 9.17) is 4.98 Å². The third-order valence-electron chi connectivity index (χ3n) is 6.73. The largest absolute Gasteiger partial charge is 0.368 e. The molecule has 0 amide bonds. The number of hydrogen-bond donors (Lipinski definition) is 0. The maximum Gasteiger partial charge on any atom is 0.175 e. The summed E-state index contributed by atoms with van der Waals surface area (Å²) in [6, 6.07) is 11.6. The number of hydrogen-bond acceptors (Lipinski definition) is 6. The molecule has 3 aromatic rings. The molecule has 7 nitrogen and oxygen atoms in total. The zero-order valence-electron chi connectivity index (χ0n) is 18.7. The first-order valence-corrected chi connectivity index (χ1v) is 13.3. The predicted molar refractivity (Wildman–Crippen MR) is 129 cm³/mol. The normalized spacial score (nSPS) is 18.0. The lowest BCUT2D eigenvalue weighted by Crippen LogP contribution is -2.46. The Kier molecular flexibility index (Phi) is 5.82. The summed E-state index contributed by atoms with van der Waals surface area (Å²) in [5.74, 6) is 1.03. The van der Waals surface area contributed by atoms with Crippen LogP contribution < -0.4 is 9.80 Å². The zero-order valence-corrected chi connectivity index (χ0v) is 19.5. The second-order valence-electron chi connectivity index (χ2n) is 8.90. The van der Waals surface area contributed by atoms with Gasteiger partial charge in [-0.05, 0) is 56.3 Å². The van der Waals surface area contributed by atoms with Crippen LogP contribution in [0.3, 0.4) is 0 Å². The molecule has 0 spiro atoms. The molecule has 4 heterocycles. The Hall–Kier alpha value is -2.58. The van der Waals surface area contributed by atoms with Crippen molar-refractivity contribution in [1.82, 2.24) is 14.5 Å². The van der Waals surface area contributed by atoms with Crippen molar-refractivity contribution in [3.05, 3.63) is 48.8 Å². The summed E-state index contributed by atoms with van der Waals surface area (Å²) in [7, 11) is -3.16. The van der Waals surface area contributed by atoms with Gasteiger partial charge >= 0.3 is 0 Å². The molecule has 8 heteroatoms. The van der Waals surface area contributed by atoms with Gasteiger partial charge in [0.05, 0.1) is 10.4 Å². The first-order valence-electron chi connectivity index (χ1n) is 11.4. The quantitative estimate of drug-likeness (QED) is 0.572. The fourth-order valence-corrected chi connectivity index (χ4v) is 5.42. The molecule has 0 N–H and O–H groups in total. The van der Waals surface area contributed by atoms with Crippen molar-refractivity contribution in [2.24, 2.45) is 0 Å². The monoisotopic (exact) mass is 453 g/mol. The summed E-state index contributed by atoms with van der Waals surface area (Å²) >= 11 is 0. The van der Waals surface area contributed by atoms with E-state index in [1.807, 2.05) is 18.3 Å². The fraction of sp³-hybridized carbons (Fsp3) is 0.458. The molecule has 2 aromatic heterocycles. The van der Waals surface area contributed by atoms with Crippen LogP contribution in [0.1, 0.15) is 12.8 Å². The third-order valence-corrected chi connectivity index (χ3v) is 7.86. The highest BCUT2D eigenvalue weighted by Gasteiger charge is 2.20. The molecule has 2 saturated heterocycles. The van der Waals surface area contributed by atoms with Crippen LogP contribution in [-0.4, -0.2) is 74.9 Å². The second-order valence-corrected chi connectivity index (χ2v) is 10.9. The van der Waals surface area contributed by atoms with E-state index in [9.17, 15) is 8.42 Å². The Balaban J connectivity index is 1.25. The highest BCUT2D eigenvalue weighted by atomic mass is 32.2. The number of pyridine rings is 1. The summed E-state index contributed by atoms with van der Waals surface area (Å²) in [5, 5.41) is 1.19. The fourth-order valence-electron chi connectivity index (χ4n) is 4.79. The van der Waals surface area contributed by atoms with E-state index >= 15 is 0 Å². The SMILES string of the molecule is CS(=O)(=O)c1ccc(N2CCN(c3cc4c(ccn4CCN4CCCC4)cn3)CC2)cc1. The van der Waals surface area contributed by atoms with E-state index in [2.05, 4.69) is 37.6 Å². The molecule has 0 saturated carbocycles. The van der Waals surface area contributed by atoms with E-state index in [0.29, 0.717) is 4.90 Å². The van der Waals surface area contributed by atoms with E-state index in [-0.39, 0.29) is 0 Å². The lowest BCUT2D eigenvalue weighted by atomic mass is 10.2. The number of rotatable bonds is 6. The van der Waals surface area contributed by atoms with Crippen molar-refractivity contribution in [2.45, 2.75) is 24.3 Å². The molecule has 2 aliphatic heterocycles. The first kappa shape index (κ1) is 21.3. The summed E-state index contributed by atoms with van der Waals surface area (Å²) in [4.78, 5) is 12.3. The van der Waals surface area contributed by atoms with Gasteiger partial charge in [0.2, 0.25) is 0 Å². The van der Waals surface area contributed by atoms with Gasteiger partial charge in [-0.25, -0.2) is 13.4 Å². The minimum absolute atomic E-state index is 0.366. The Bertz CT molecular complexity index is 1170. The summed E-state index contributed by atoms with van der Waals surface area (Å²) < 4.78 is 25.7. The van der Waals surface area contributed by atoms with Crippen molar-refractivity contribution in [3.63, 3.8) is 0 Å². The van der Waals surface area contributed by atoms with Gasteiger partial charge in [0.1, 0.15) is 5.82 Å². The first-order chi connectivity index (χ1) is 15.5. The second kappa shape index (κ2) is 8.75. The van der Waals surface area contributed by atoms with E-state index in [1.165, 1.54) is 43.1 Å². The maximum atomic E-state index is 11.7. The molecule has 2 aliphatic rings. The van der Waals surface area contributed by atoms with E-state index in [0.717, 1.165) is 50.8 Å². The van der Waals surface area contributed by atoms with Gasteiger partial charge in [-0.2, -0.15) is 0 Å².